The number of hydrogen-bond acceptors (Lipinski definition) is 7. The first-order chi connectivity index (χ1) is 11.7. The fourth-order valence-corrected chi connectivity index (χ4v) is 3.23. The van der Waals surface area contributed by atoms with Crippen molar-refractivity contribution in [2.45, 2.75) is 38.8 Å². The van der Waals surface area contributed by atoms with Crippen molar-refractivity contribution in [1.29, 1.82) is 5.26 Å². The Bertz CT molecular complexity index is 722. The number of anilines is 1. The zero-order chi connectivity index (χ0) is 16.9. The maximum Gasteiger partial charge on any atom is 0.223 e. The lowest BCUT2D eigenvalue weighted by atomic mass is 10.1. The van der Waals surface area contributed by atoms with E-state index in [2.05, 4.69) is 38.0 Å². The normalized spacial score (nSPS) is 18.4. The first-order valence-electron chi connectivity index (χ1n) is 8.27. The van der Waals surface area contributed by atoms with E-state index >= 15 is 0 Å². The van der Waals surface area contributed by atoms with E-state index < -0.39 is 0 Å². The Morgan fingerprint density at radius 1 is 1.42 bits per heavy atom. The topological polar surface area (TPSA) is 82.1 Å². The molecular formula is C17H22N6O. The molecule has 0 amide bonds. The molecule has 2 aromatic heterocycles. The zero-order valence-corrected chi connectivity index (χ0v) is 14.1. The van der Waals surface area contributed by atoms with Crippen molar-refractivity contribution in [2.75, 3.05) is 25.0 Å². The molecule has 1 saturated heterocycles. The summed E-state index contributed by atoms with van der Waals surface area (Å²) in [5.74, 6) is 2.13. The monoisotopic (exact) mass is 326 g/mol. The van der Waals surface area contributed by atoms with Crippen LogP contribution in [0.15, 0.2) is 22.9 Å². The predicted octanol–water partition coefficient (Wildman–Crippen LogP) is 2.14. The molecule has 3 rings (SSSR count). The summed E-state index contributed by atoms with van der Waals surface area (Å²) in [6.45, 7) is 4.32. The van der Waals surface area contributed by atoms with E-state index in [1.54, 1.807) is 13.1 Å². The van der Waals surface area contributed by atoms with Crippen LogP contribution in [0.2, 0.25) is 0 Å². The van der Waals surface area contributed by atoms with Crippen LogP contribution >= 0.6 is 0 Å². The Hall–Kier alpha value is -2.46. The number of nitrogens with zero attached hydrogens (tertiary/aromatic N) is 6. The smallest absolute Gasteiger partial charge is 0.223 e. The van der Waals surface area contributed by atoms with E-state index in [0.29, 0.717) is 24.0 Å². The lowest BCUT2D eigenvalue weighted by Gasteiger charge is -2.26. The fourth-order valence-electron chi connectivity index (χ4n) is 3.23. The zero-order valence-electron chi connectivity index (χ0n) is 14.1. The molecule has 0 radical (unpaired) electrons. The van der Waals surface area contributed by atoms with Crippen LogP contribution < -0.4 is 4.90 Å². The van der Waals surface area contributed by atoms with Gasteiger partial charge in [-0.05, 0) is 38.4 Å². The maximum absolute atomic E-state index is 9.28. The number of hydrogen-bond donors (Lipinski definition) is 0. The van der Waals surface area contributed by atoms with Crippen molar-refractivity contribution < 1.29 is 4.52 Å². The van der Waals surface area contributed by atoms with Gasteiger partial charge in [0.2, 0.25) is 5.89 Å². The average Bonchev–Trinajstić information content (AvgIpc) is 2.86. The van der Waals surface area contributed by atoms with Crippen molar-refractivity contribution in [3.05, 3.63) is 35.6 Å². The molecule has 2 aromatic rings. The molecular weight excluding hydrogens is 304 g/mol. The SMILES string of the molecule is Cc1nc(CN(C)[C@@H]2CCCN(c3ncccc3C#N)CC2)no1. The van der Waals surface area contributed by atoms with Crippen LogP contribution in [0.25, 0.3) is 0 Å². The first-order valence-corrected chi connectivity index (χ1v) is 8.27. The summed E-state index contributed by atoms with van der Waals surface area (Å²) in [5, 5.41) is 13.3. The Balaban J connectivity index is 1.63. The van der Waals surface area contributed by atoms with E-state index in [1.165, 1.54) is 0 Å². The largest absolute Gasteiger partial charge is 0.355 e. The van der Waals surface area contributed by atoms with Gasteiger partial charge in [0.1, 0.15) is 11.9 Å². The molecule has 3 heterocycles. The van der Waals surface area contributed by atoms with Gasteiger partial charge < -0.3 is 9.42 Å². The summed E-state index contributed by atoms with van der Waals surface area (Å²) < 4.78 is 5.04. The van der Waals surface area contributed by atoms with Gasteiger partial charge in [-0.25, -0.2) is 4.98 Å². The van der Waals surface area contributed by atoms with Gasteiger partial charge in [-0.15, -0.1) is 0 Å². The van der Waals surface area contributed by atoms with Crippen molar-refractivity contribution in [3.63, 3.8) is 0 Å². The van der Waals surface area contributed by atoms with Crippen molar-refractivity contribution in [1.82, 2.24) is 20.0 Å². The van der Waals surface area contributed by atoms with E-state index in [4.69, 9.17) is 4.52 Å². The van der Waals surface area contributed by atoms with Gasteiger partial charge >= 0.3 is 0 Å². The minimum Gasteiger partial charge on any atom is -0.355 e. The van der Waals surface area contributed by atoms with E-state index in [0.717, 1.165) is 44.0 Å². The maximum atomic E-state index is 9.28. The van der Waals surface area contributed by atoms with Crippen LogP contribution in [0.1, 0.15) is 36.5 Å². The van der Waals surface area contributed by atoms with Gasteiger partial charge in [-0.1, -0.05) is 5.16 Å². The van der Waals surface area contributed by atoms with Gasteiger partial charge in [0.05, 0.1) is 12.1 Å². The van der Waals surface area contributed by atoms with Crippen LogP contribution in [0.5, 0.6) is 0 Å². The van der Waals surface area contributed by atoms with Crippen LogP contribution in [-0.4, -0.2) is 46.2 Å². The Labute approximate surface area is 141 Å². The third kappa shape index (κ3) is 3.71. The average molecular weight is 326 g/mol. The molecule has 126 valence electrons. The highest BCUT2D eigenvalue weighted by atomic mass is 16.5. The highest BCUT2D eigenvalue weighted by molar-refractivity contribution is 5.53. The molecule has 0 aromatic carbocycles. The van der Waals surface area contributed by atoms with Gasteiger partial charge in [-0.3, -0.25) is 4.90 Å². The molecule has 7 nitrogen and oxygen atoms in total. The summed E-state index contributed by atoms with van der Waals surface area (Å²) >= 11 is 0. The Kier molecular flexibility index (Phi) is 5.06. The van der Waals surface area contributed by atoms with E-state index in [-0.39, 0.29) is 0 Å². The molecule has 0 N–H and O–H groups in total. The summed E-state index contributed by atoms with van der Waals surface area (Å²) in [6.07, 6.45) is 4.96. The third-order valence-corrected chi connectivity index (χ3v) is 4.49. The molecule has 7 heteroatoms. The van der Waals surface area contributed by atoms with Crippen LogP contribution in [0, 0.1) is 18.3 Å². The number of rotatable bonds is 4. The number of nitriles is 1. The highest BCUT2D eigenvalue weighted by Crippen LogP contribution is 2.23. The highest BCUT2D eigenvalue weighted by Gasteiger charge is 2.23. The molecule has 1 fully saturated rings. The predicted molar refractivity (Wildman–Crippen MR) is 89.3 cm³/mol. The molecule has 0 saturated carbocycles. The van der Waals surface area contributed by atoms with Gasteiger partial charge in [0.15, 0.2) is 5.82 Å². The van der Waals surface area contributed by atoms with E-state index in [9.17, 15) is 5.26 Å². The second kappa shape index (κ2) is 7.41. The lowest BCUT2D eigenvalue weighted by Crippen LogP contribution is -2.33. The van der Waals surface area contributed by atoms with Crippen LogP contribution in [0.4, 0.5) is 5.82 Å². The molecule has 1 aliphatic rings. The second-order valence-electron chi connectivity index (χ2n) is 6.20. The lowest BCUT2D eigenvalue weighted by molar-refractivity contribution is 0.209. The fraction of sp³-hybridized carbons (Fsp3) is 0.529. The van der Waals surface area contributed by atoms with Gasteiger partial charge in [-0.2, -0.15) is 10.2 Å². The molecule has 1 aliphatic heterocycles. The molecule has 0 aliphatic carbocycles. The number of pyridine rings is 1. The minimum absolute atomic E-state index is 0.461. The van der Waals surface area contributed by atoms with Crippen molar-refractivity contribution in [2.24, 2.45) is 0 Å². The first kappa shape index (κ1) is 16.4. The Morgan fingerprint density at radius 3 is 3.04 bits per heavy atom. The van der Waals surface area contributed by atoms with Crippen molar-refractivity contribution in [3.8, 4) is 6.07 Å². The Morgan fingerprint density at radius 2 is 2.29 bits per heavy atom. The van der Waals surface area contributed by atoms with Crippen LogP contribution in [0.3, 0.4) is 0 Å². The standard InChI is InChI=1S/C17H22N6O/c1-13-20-16(21-24-13)12-22(2)15-6-4-9-23(10-7-15)17-14(11-18)5-3-8-19-17/h3,5,8,15H,4,6-7,9-10,12H2,1-2H3/t15-/m1/s1. The third-order valence-electron chi connectivity index (χ3n) is 4.49. The summed E-state index contributed by atoms with van der Waals surface area (Å²) in [6, 6.07) is 6.34. The molecule has 0 bridgehead atoms. The molecule has 0 unspecified atom stereocenters. The minimum atomic E-state index is 0.461. The van der Waals surface area contributed by atoms with Gasteiger partial charge in [0.25, 0.3) is 0 Å². The van der Waals surface area contributed by atoms with Crippen LogP contribution in [-0.2, 0) is 6.54 Å². The van der Waals surface area contributed by atoms with Gasteiger partial charge in [0, 0.05) is 32.3 Å². The molecule has 0 spiro atoms. The quantitative estimate of drug-likeness (QED) is 0.851. The number of aromatic nitrogens is 3. The number of aryl methyl sites for hydroxylation is 1. The second-order valence-corrected chi connectivity index (χ2v) is 6.20. The molecule has 1 atom stereocenters. The van der Waals surface area contributed by atoms with E-state index in [1.807, 2.05) is 12.1 Å². The summed E-state index contributed by atoms with van der Waals surface area (Å²) in [5.41, 5.74) is 0.645. The summed E-state index contributed by atoms with van der Waals surface area (Å²) in [4.78, 5) is 13.2. The van der Waals surface area contributed by atoms with Crippen molar-refractivity contribution >= 4 is 5.82 Å². The summed E-state index contributed by atoms with van der Waals surface area (Å²) in [7, 11) is 2.10. The molecule has 24 heavy (non-hydrogen) atoms.